The Balaban J connectivity index is 0.00000338. The van der Waals surface area contributed by atoms with Crippen molar-refractivity contribution in [2.45, 2.75) is 43.0 Å². The molecule has 0 radical (unpaired) electrons. The fourth-order valence-corrected chi connectivity index (χ4v) is 3.82. The second-order valence-corrected chi connectivity index (χ2v) is 8.82. The summed E-state index contributed by atoms with van der Waals surface area (Å²) in [5, 5.41) is 2.71. The highest BCUT2D eigenvalue weighted by Crippen LogP contribution is 2.32. The van der Waals surface area contributed by atoms with Gasteiger partial charge in [0.05, 0.1) is 23.5 Å². The van der Waals surface area contributed by atoms with E-state index in [0.717, 1.165) is 25.5 Å². The van der Waals surface area contributed by atoms with Crippen molar-refractivity contribution in [1.82, 2.24) is 0 Å². The number of hydrogen-bond acceptors (Lipinski definition) is 6. The minimum Gasteiger partial charge on any atom is -0.465 e. The van der Waals surface area contributed by atoms with Crippen molar-refractivity contribution in [2.24, 2.45) is 11.7 Å². The molecule has 0 spiro atoms. The number of carbonyl (C=O) groups excluding carboxylic acids is 2. The molecule has 2 rings (SSSR count). The number of amides is 1. The number of nitrogens with one attached hydrogen (secondary N) is 1. The van der Waals surface area contributed by atoms with Gasteiger partial charge in [0.2, 0.25) is 5.91 Å². The SMILES string of the molecule is COC(=O)c1cc(NC(=O)C2CCCCC2(C)N)cc(S(C)(=O)=O)c1.Cl. The molecule has 2 atom stereocenters. The van der Waals surface area contributed by atoms with Crippen LogP contribution in [0.4, 0.5) is 5.69 Å². The maximum Gasteiger partial charge on any atom is 0.337 e. The zero-order chi connectivity index (χ0) is 18.8. The fourth-order valence-electron chi connectivity index (χ4n) is 3.14. The molecule has 1 fully saturated rings. The fraction of sp³-hybridized carbons (Fsp3) is 0.529. The van der Waals surface area contributed by atoms with Crippen LogP contribution in [-0.4, -0.2) is 39.2 Å². The molecule has 0 bridgehead atoms. The Morgan fingerprint density at radius 2 is 1.92 bits per heavy atom. The summed E-state index contributed by atoms with van der Waals surface area (Å²) in [7, 11) is -2.35. The quantitative estimate of drug-likeness (QED) is 0.743. The van der Waals surface area contributed by atoms with Crippen LogP contribution in [0.1, 0.15) is 43.0 Å². The zero-order valence-electron chi connectivity index (χ0n) is 15.1. The lowest BCUT2D eigenvalue weighted by molar-refractivity contribution is -0.122. The topological polar surface area (TPSA) is 116 Å². The van der Waals surface area contributed by atoms with Gasteiger partial charge in [-0.05, 0) is 38.0 Å². The summed E-state index contributed by atoms with van der Waals surface area (Å²) in [4.78, 5) is 24.4. The number of esters is 1. The molecule has 0 aliphatic heterocycles. The maximum absolute atomic E-state index is 12.6. The smallest absolute Gasteiger partial charge is 0.337 e. The van der Waals surface area contributed by atoms with Crippen molar-refractivity contribution in [3.05, 3.63) is 23.8 Å². The van der Waals surface area contributed by atoms with E-state index in [0.29, 0.717) is 6.42 Å². The third kappa shape index (κ3) is 5.18. The molecule has 2 unspecified atom stereocenters. The largest absolute Gasteiger partial charge is 0.465 e. The van der Waals surface area contributed by atoms with Gasteiger partial charge in [0, 0.05) is 17.5 Å². The van der Waals surface area contributed by atoms with Crippen molar-refractivity contribution in [2.75, 3.05) is 18.7 Å². The van der Waals surface area contributed by atoms with Gasteiger partial charge in [-0.2, -0.15) is 0 Å². The van der Waals surface area contributed by atoms with Crippen molar-refractivity contribution in [1.29, 1.82) is 0 Å². The summed E-state index contributed by atoms with van der Waals surface area (Å²) in [6, 6.07) is 3.95. The second kappa shape index (κ2) is 8.37. The molecule has 1 aromatic carbocycles. The number of nitrogens with two attached hydrogens (primary N) is 1. The molecule has 1 amide bonds. The number of methoxy groups -OCH3 is 1. The molecule has 1 saturated carbocycles. The van der Waals surface area contributed by atoms with Gasteiger partial charge in [-0.1, -0.05) is 12.8 Å². The average molecular weight is 405 g/mol. The lowest BCUT2D eigenvalue weighted by Gasteiger charge is -2.37. The number of carbonyl (C=O) groups is 2. The van der Waals surface area contributed by atoms with E-state index in [4.69, 9.17) is 5.73 Å². The van der Waals surface area contributed by atoms with E-state index in [2.05, 4.69) is 10.1 Å². The van der Waals surface area contributed by atoms with Crippen LogP contribution in [0.5, 0.6) is 0 Å². The average Bonchev–Trinajstić information content (AvgIpc) is 2.52. The first-order valence-electron chi connectivity index (χ1n) is 8.08. The number of hydrogen-bond donors (Lipinski definition) is 2. The van der Waals surface area contributed by atoms with E-state index in [9.17, 15) is 18.0 Å². The van der Waals surface area contributed by atoms with Crippen LogP contribution in [0.15, 0.2) is 23.1 Å². The van der Waals surface area contributed by atoms with Crippen LogP contribution in [0.25, 0.3) is 0 Å². The predicted molar refractivity (Wildman–Crippen MR) is 101 cm³/mol. The standard InChI is InChI=1S/C17H24N2O5S.ClH/c1-17(18)7-5-4-6-14(17)15(20)19-12-8-11(16(21)24-2)9-13(10-12)25(3,22)23;/h8-10,14H,4-7,18H2,1-3H3,(H,19,20);1H. The van der Waals surface area contributed by atoms with Crippen molar-refractivity contribution >= 4 is 39.8 Å². The zero-order valence-corrected chi connectivity index (χ0v) is 16.7. The van der Waals surface area contributed by atoms with Crippen LogP contribution in [0, 0.1) is 5.92 Å². The monoisotopic (exact) mass is 404 g/mol. The number of anilines is 1. The number of benzene rings is 1. The van der Waals surface area contributed by atoms with Crippen LogP contribution in [0.3, 0.4) is 0 Å². The first kappa shape index (κ1) is 22.4. The Morgan fingerprint density at radius 1 is 1.27 bits per heavy atom. The summed E-state index contributed by atoms with van der Waals surface area (Å²) in [6.07, 6.45) is 4.36. The van der Waals surface area contributed by atoms with Crippen LogP contribution < -0.4 is 11.1 Å². The van der Waals surface area contributed by atoms with E-state index in [1.165, 1.54) is 25.3 Å². The van der Waals surface area contributed by atoms with E-state index >= 15 is 0 Å². The summed E-state index contributed by atoms with van der Waals surface area (Å²) >= 11 is 0. The summed E-state index contributed by atoms with van der Waals surface area (Å²) < 4.78 is 28.4. The van der Waals surface area contributed by atoms with E-state index in [1.54, 1.807) is 0 Å². The Morgan fingerprint density at radius 3 is 2.46 bits per heavy atom. The van der Waals surface area contributed by atoms with Gasteiger partial charge in [0.25, 0.3) is 0 Å². The highest BCUT2D eigenvalue weighted by atomic mass is 35.5. The van der Waals surface area contributed by atoms with Gasteiger partial charge in [-0.25, -0.2) is 13.2 Å². The molecule has 3 N–H and O–H groups in total. The van der Waals surface area contributed by atoms with E-state index < -0.39 is 21.3 Å². The lowest BCUT2D eigenvalue weighted by Crippen LogP contribution is -2.51. The molecule has 1 aromatic rings. The minimum atomic E-state index is -3.56. The number of ether oxygens (including phenoxy) is 1. The van der Waals surface area contributed by atoms with Gasteiger partial charge in [-0.15, -0.1) is 12.4 Å². The molecule has 0 aromatic heterocycles. The van der Waals surface area contributed by atoms with E-state index in [-0.39, 0.29) is 40.4 Å². The summed E-state index contributed by atoms with van der Waals surface area (Å²) in [5.41, 5.74) is 5.92. The molecular weight excluding hydrogens is 380 g/mol. The van der Waals surface area contributed by atoms with Crippen molar-refractivity contribution in [3.63, 3.8) is 0 Å². The van der Waals surface area contributed by atoms with E-state index in [1.807, 2.05) is 6.92 Å². The van der Waals surface area contributed by atoms with Crippen LogP contribution in [-0.2, 0) is 19.4 Å². The highest BCUT2D eigenvalue weighted by molar-refractivity contribution is 7.90. The lowest BCUT2D eigenvalue weighted by atomic mass is 9.74. The predicted octanol–water partition coefficient (Wildman–Crippen LogP) is 2.14. The molecule has 0 saturated heterocycles. The Bertz CT molecular complexity index is 792. The molecule has 146 valence electrons. The second-order valence-electron chi connectivity index (χ2n) is 6.80. The van der Waals surface area contributed by atoms with Gasteiger partial charge >= 0.3 is 5.97 Å². The Labute approximate surface area is 160 Å². The number of rotatable bonds is 4. The normalized spacial score (nSPS) is 22.8. The van der Waals surface area contributed by atoms with Gasteiger partial charge in [-0.3, -0.25) is 4.79 Å². The molecule has 1 aliphatic rings. The van der Waals surface area contributed by atoms with Crippen LogP contribution >= 0.6 is 12.4 Å². The van der Waals surface area contributed by atoms with Crippen LogP contribution in [0.2, 0.25) is 0 Å². The summed E-state index contributed by atoms with van der Waals surface area (Å²) in [5.74, 6) is -1.32. The van der Waals surface area contributed by atoms with Crippen molar-refractivity contribution < 1.29 is 22.7 Å². The third-order valence-electron chi connectivity index (χ3n) is 4.59. The summed E-state index contributed by atoms with van der Waals surface area (Å²) in [6.45, 7) is 1.85. The first-order valence-corrected chi connectivity index (χ1v) is 9.97. The molecule has 0 heterocycles. The minimum absolute atomic E-state index is 0. The molecular formula is C17H25ClN2O5S. The number of halogens is 1. The van der Waals surface area contributed by atoms with Crippen molar-refractivity contribution in [3.8, 4) is 0 Å². The molecule has 9 heteroatoms. The highest BCUT2D eigenvalue weighted by Gasteiger charge is 2.37. The Hall–Kier alpha value is -1.64. The van der Waals surface area contributed by atoms with Gasteiger partial charge in [0.1, 0.15) is 0 Å². The van der Waals surface area contributed by atoms with Gasteiger partial charge in [0.15, 0.2) is 9.84 Å². The first-order chi connectivity index (χ1) is 11.5. The molecule has 1 aliphatic carbocycles. The Kier molecular flexibility index (Phi) is 7.21. The molecule has 7 nitrogen and oxygen atoms in total. The number of sulfone groups is 1. The molecule has 26 heavy (non-hydrogen) atoms. The third-order valence-corrected chi connectivity index (χ3v) is 5.69. The maximum atomic E-state index is 12.6. The van der Waals surface area contributed by atoms with Gasteiger partial charge < -0.3 is 15.8 Å².